The summed E-state index contributed by atoms with van der Waals surface area (Å²) in [6.45, 7) is 1.91. The van der Waals surface area contributed by atoms with E-state index in [9.17, 15) is 14.7 Å². The number of anilines is 1. The molecule has 2 N–H and O–H groups in total. The first-order chi connectivity index (χ1) is 9.97. The molecule has 2 unspecified atom stereocenters. The summed E-state index contributed by atoms with van der Waals surface area (Å²) in [5.74, 6) is -2.10. The summed E-state index contributed by atoms with van der Waals surface area (Å²) in [6, 6.07) is 5.61. The second-order valence-electron chi connectivity index (χ2n) is 5.79. The summed E-state index contributed by atoms with van der Waals surface area (Å²) in [4.78, 5) is 24.0. The molecule has 110 valence electrons. The number of nitrogens with one attached hydrogen (secondary N) is 1. The Balaban J connectivity index is 1.82. The summed E-state index contributed by atoms with van der Waals surface area (Å²) < 4.78 is 0.948. The first-order valence-corrected chi connectivity index (χ1v) is 7.75. The van der Waals surface area contributed by atoms with E-state index in [2.05, 4.69) is 21.2 Å². The van der Waals surface area contributed by atoms with Gasteiger partial charge in [0.05, 0.1) is 11.8 Å². The Morgan fingerprint density at radius 3 is 2.52 bits per heavy atom. The van der Waals surface area contributed by atoms with Crippen LogP contribution in [0.15, 0.2) is 34.8 Å². The fourth-order valence-corrected chi connectivity index (χ4v) is 3.98. The molecule has 0 heterocycles. The SMILES string of the molecule is Cc1cc(Br)ccc1NC(=O)[C@H]1C2C=CC(C2)[C@H]1C(=O)O. The molecule has 4 nitrogen and oxygen atoms in total. The van der Waals surface area contributed by atoms with E-state index in [4.69, 9.17) is 0 Å². The largest absolute Gasteiger partial charge is 0.481 e. The molecule has 1 aromatic rings. The van der Waals surface area contributed by atoms with Gasteiger partial charge >= 0.3 is 5.97 Å². The van der Waals surface area contributed by atoms with Gasteiger partial charge in [-0.25, -0.2) is 0 Å². The molecular weight excluding hydrogens is 334 g/mol. The van der Waals surface area contributed by atoms with Crippen LogP contribution in [0.2, 0.25) is 0 Å². The maximum Gasteiger partial charge on any atom is 0.307 e. The van der Waals surface area contributed by atoms with E-state index in [-0.39, 0.29) is 17.7 Å². The lowest BCUT2D eigenvalue weighted by molar-refractivity contribution is -0.146. The van der Waals surface area contributed by atoms with Crippen LogP contribution in [0, 0.1) is 30.6 Å². The minimum absolute atomic E-state index is 0.00531. The minimum Gasteiger partial charge on any atom is -0.481 e. The molecule has 21 heavy (non-hydrogen) atoms. The summed E-state index contributed by atoms with van der Waals surface area (Å²) >= 11 is 3.38. The second kappa shape index (κ2) is 5.30. The molecule has 1 fully saturated rings. The second-order valence-corrected chi connectivity index (χ2v) is 6.70. The van der Waals surface area contributed by atoms with Crippen LogP contribution in [0.5, 0.6) is 0 Å². The van der Waals surface area contributed by atoms with Crippen LogP contribution >= 0.6 is 15.9 Å². The maximum absolute atomic E-state index is 12.5. The zero-order valence-electron chi connectivity index (χ0n) is 11.5. The van der Waals surface area contributed by atoms with Crippen molar-refractivity contribution in [2.24, 2.45) is 23.7 Å². The van der Waals surface area contributed by atoms with Crippen molar-refractivity contribution in [3.63, 3.8) is 0 Å². The van der Waals surface area contributed by atoms with E-state index in [0.29, 0.717) is 0 Å². The molecule has 2 aliphatic rings. The smallest absolute Gasteiger partial charge is 0.307 e. The molecule has 2 aliphatic carbocycles. The monoisotopic (exact) mass is 349 g/mol. The highest BCUT2D eigenvalue weighted by Gasteiger charge is 2.51. The molecule has 3 rings (SSSR count). The Hall–Kier alpha value is -1.62. The van der Waals surface area contributed by atoms with Gasteiger partial charge in [0.15, 0.2) is 0 Å². The highest BCUT2D eigenvalue weighted by Crippen LogP contribution is 2.48. The van der Waals surface area contributed by atoms with E-state index in [0.717, 1.165) is 22.1 Å². The summed E-state index contributed by atoms with van der Waals surface area (Å²) in [5, 5.41) is 12.3. The lowest BCUT2D eigenvalue weighted by Crippen LogP contribution is -2.36. The number of aliphatic carboxylic acids is 1. The van der Waals surface area contributed by atoms with Crippen molar-refractivity contribution < 1.29 is 14.7 Å². The number of hydrogen-bond acceptors (Lipinski definition) is 2. The maximum atomic E-state index is 12.5. The number of rotatable bonds is 3. The number of benzene rings is 1. The summed E-state index contributed by atoms with van der Waals surface area (Å²) in [6.07, 6.45) is 4.70. The van der Waals surface area contributed by atoms with Gasteiger partial charge in [-0.15, -0.1) is 0 Å². The Morgan fingerprint density at radius 1 is 1.24 bits per heavy atom. The van der Waals surface area contributed by atoms with Crippen molar-refractivity contribution in [3.8, 4) is 0 Å². The first kappa shape index (κ1) is 14.3. The Labute approximate surface area is 131 Å². The van der Waals surface area contributed by atoms with Gasteiger partial charge in [0.1, 0.15) is 0 Å². The normalized spacial score (nSPS) is 29.6. The lowest BCUT2D eigenvalue weighted by atomic mass is 9.82. The van der Waals surface area contributed by atoms with Crippen LogP contribution in [0.1, 0.15) is 12.0 Å². The van der Waals surface area contributed by atoms with E-state index >= 15 is 0 Å². The fourth-order valence-electron chi connectivity index (χ4n) is 3.50. The number of aryl methyl sites for hydroxylation is 1. The third-order valence-corrected chi connectivity index (χ3v) is 4.99. The Bertz CT molecular complexity index is 640. The molecule has 4 atom stereocenters. The summed E-state index contributed by atoms with van der Waals surface area (Å²) in [5.41, 5.74) is 1.68. The average molecular weight is 350 g/mol. The topological polar surface area (TPSA) is 66.4 Å². The number of hydrogen-bond donors (Lipinski definition) is 2. The van der Waals surface area contributed by atoms with Crippen molar-refractivity contribution in [1.29, 1.82) is 0 Å². The molecule has 5 heteroatoms. The average Bonchev–Trinajstić information content (AvgIpc) is 3.02. The molecule has 0 aromatic heterocycles. The van der Waals surface area contributed by atoms with Gasteiger partial charge in [-0.2, -0.15) is 0 Å². The number of fused-ring (bicyclic) bond motifs is 2. The predicted molar refractivity (Wildman–Crippen MR) is 82.9 cm³/mol. The summed E-state index contributed by atoms with van der Waals surface area (Å²) in [7, 11) is 0. The van der Waals surface area contributed by atoms with Crippen LogP contribution < -0.4 is 5.32 Å². The molecular formula is C16H16BrNO3. The van der Waals surface area contributed by atoms with Crippen molar-refractivity contribution in [1.82, 2.24) is 0 Å². The van der Waals surface area contributed by atoms with Gasteiger partial charge in [0.2, 0.25) is 5.91 Å². The molecule has 2 bridgehead atoms. The van der Waals surface area contributed by atoms with E-state index in [1.54, 1.807) is 0 Å². The fraction of sp³-hybridized carbons (Fsp3) is 0.375. The highest BCUT2D eigenvalue weighted by atomic mass is 79.9. The number of carboxylic acid groups (broad SMARTS) is 1. The van der Waals surface area contributed by atoms with Crippen molar-refractivity contribution >= 4 is 33.5 Å². The van der Waals surface area contributed by atoms with Crippen LogP contribution in [-0.4, -0.2) is 17.0 Å². The van der Waals surface area contributed by atoms with Gasteiger partial charge in [-0.1, -0.05) is 28.1 Å². The number of carbonyl (C=O) groups is 2. The standard InChI is InChI=1S/C16H16BrNO3/c1-8-6-11(17)4-5-12(8)18-15(19)13-9-2-3-10(7-9)14(13)16(20)21/h2-6,9-10,13-14H,7H2,1H3,(H,18,19)(H,20,21)/t9?,10?,13-,14+/m0/s1. The van der Waals surface area contributed by atoms with Crippen molar-refractivity contribution in [2.45, 2.75) is 13.3 Å². The van der Waals surface area contributed by atoms with Gasteiger partial charge in [0.25, 0.3) is 0 Å². The molecule has 0 aliphatic heterocycles. The van der Waals surface area contributed by atoms with Crippen molar-refractivity contribution in [2.75, 3.05) is 5.32 Å². The van der Waals surface area contributed by atoms with Gasteiger partial charge in [-0.05, 0) is 48.9 Å². The number of carbonyl (C=O) groups excluding carboxylic acids is 1. The van der Waals surface area contributed by atoms with Crippen molar-refractivity contribution in [3.05, 3.63) is 40.4 Å². The van der Waals surface area contributed by atoms with Crippen LogP contribution in [0.3, 0.4) is 0 Å². The number of halogens is 1. The lowest BCUT2D eigenvalue weighted by Gasteiger charge is -2.24. The van der Waals surface area contributed by atoms with Gasteiger partial charge < -0.3 is 10.4 Å². The zero-order valence-corrected chi connectivity index (χ0v) is 13.1. The third-order valence-electron chi connectivity index (χ3n) is 4.49. The van der Waals surface area contributed by atoms with Gasteiger partial charge in [0, 0.05) is 10.2 Å². The zero-order chi connectivity index (χ0) is 15.1. The van der Waals surface area contributed by atoms with Crippen LogP contribution in [0.25, 0.3) is 0 Å². The predicted octanol–water partition coefficient (Wildman–Crippen LogP) is 3.22. The quantitative estimate of drug-likeness (QED) is 0.823. The molecule has 1 saturated carbocycles. The molecule has 1 amide bonds. The highest BCUT2D eigenvalue weighted by molar-refractivity contribution is 9.10. The number of carboxylic acids is 1. The number of allylic oxidation sites excluding steroid dienone is 2. The van der Waals surface area contributed by atoms with E-state index < -0.39 is 17.8 Å². The first-order valence-electron chi connectivity index (χ1n) is 6.95. The van der Waals surface area contributed by atoms with Crippen LogP contribution in [-0.2, 0) is 9.59 Å². The van der Waals surface area contributed by atoms with Gasteiger partial charge in [-0.3, -0.25) is 9.59 Å². The molecule has 0 radical (unpaired) electrons. The Morgan fingerprint density at radius 2 is 1.90 bits per heavy atom. The third kappa shape index (κ3) is 2.50. The van der Waals surface area contributed by atoms with E-state index in [1.165, 1.54) is 0 Å². The van der Waals surface area contributed by atoms with Crippen LogP contribution in [0.4, 0.5) is 5.69 Å². The minimum atomic E-state index is -0.875. The molecule has 1 aromatic carbocycles. The van der Waals surface area contributed by atoms with E-state index in [1.807, 2.05) is 37.3 Å². The molecule has 0 spiro atoms. The molecule has 0 saturated heterocycles. The Kier molecular flexibility index (Phi) is 3.61. The number of amides is 1.